The molecule has 0 heterocycles. The van der Waals surface area contributed by atoms with E-state index in [1.165, 1.54) is 60.0 Å². The molecule has 1 fully saturated rings. The zero-order valence-electron chi connectivity index (χ0n) is 21.1. The highest BCUT2D eigenvalue weighted by Crippen LogP contribution is 2.38. The number of benzene rings is 2. The van der Waals surface area contributed by atoms with Crippen LogP contribution in [0.1, 0.15) is 76.3 Å². The Morgan fingerprint density at radius 3 is 2.00 bits per heavy atom. The van der Waals surface area contributed by atoms with Crippen molar-refractivity contribution in [2.75, 3.05) is 0 Å². The Balaban J connectivity index is 1.73. The molecule has 1 aliphatic carbocycles. The minimum atomic E-state index is 0.421. The van der Waals surface area contributed by atoms with E-state index < -0.39 is 0 Å². The molecule has 2 aromatic carbocycles. The first-order valence-electron chi connectivity index (χ1n) is 13.1. The highest BCUT2D eigenvalue weighted by molar-refractivity contribution is 5.63. The van der Waals surface area contributed by atoms with Gasteiger partial charge < -0.3 is 0 Å². The maximum absolute atomic E-state index is 4.68. The Bertz CT molecular complexity index is 880. The minimum absolute atomic E-state index is 0.421. The van der Waals surface area contributed by atoms with Crippen LogP contribution in [-0.4, -0.2) is 0 Å². The average Bonchev–Trinajstić information content (AvgIpc) is 2.84. The maximum Gasteiger partial charge on any atom is -0.0128 e. The van der Waals surface area contributed by atoms with Crippen LogP contribution >= 0.6 is 0 Å². The van der Waals surface area contributed by atoms with Crippen molar-refractivity contribution < 1.29 is 0 Å². The molecule has 2 unspecified atom stereocenters. The summed E-state index contributed by atoms with van der Waals surface area (Å²) in [6.45, 7) is 18.5. The average molecular weight is 441 g/mol. The van der Waals surface area contributed by atoms with E-state index in [4.69, 9.17) is 0 Å². The van der Waals surface area contributed by atoms with E-state index in [9.17, 15) is 0 Å². The number of rotatable bonds is 12. The molecule has 1 saturated carbocycles. The van der Waals surface area contributed by atoms with Crippen LogP contribution in [0.2, 0.25) is 0 Å². The molecule has 0 heteroatoms. The first-order chi connectivity index (χ1) is 15.9. The number of hydrogen-bond donors (Lipinski definition) is 0. The van der Waals surface area contributed by atoms with Crippen LogP contribution in [0, 0.1) is 23.7 Å². The van der Waals surface area contributed by atoms with Crippen LogP contribution in [0.15, 0.2) is 91.5 Å². The molecule has 0 saturated heterocycles. The van der Waals surface area contributed by atoms with Gasteiger partial charge in [-0.1, -0.05) is 125 Å². The summed E-state index contributed by atoms with van der Waals surface area (Å²) in [4.78, 5) is 0. The van der Waals surface area contributed by atoms with Crippen LogP contribution in [0.3, 0.4) is 0 Å². The standard InChI is InChI=1S/C33H44/c1-25(2)32(24-29-15-9-6-10-16-29)21-28(5)33(22-26(3)30-17-11-7-12-18-30)23-27(4)31-19-13-8-14-20-31/h6-7,9-12,15-18,25,31-33H,3-5,8,13-14,19-24H2,1-2H3. The van der Waals surface area contributed by atoms with Gasteiger partial charge in [0, 0.05) is 0 Å². The summed E-state index contributed by atoms with van der Waals surface area (Å²) in [5, 5.41) is 0. The van der Waals surface area contributed by atoms with Crippen LogP contribution < -0.4 is 0 Å². The molecule has 0 spiro atoms. The summed E-state index contributed by atoms with van der Waals surface area (Å²) >= 11 is 0. The first-order valence-corrected chi connectivity index (χ1v) is 13.1. The van der Waals surface area contributed by atoms with Crippen molar-refractivity contribution in [2.24, 2.45) is 23.7 Å². The van der Waals surface area contributed by atoms with Gasteiger partial charge in [0.25, 0.3) is 0 Å². The summed E-state index contributed by atoms with van der Waals surface area (Å²) in [6, 6.07) is 21.6. The Labute approximate surface area is 203 Å². The minimum Gasteiger partial charge on any atom is -0.0996 e. The van der Waals surface area contributed by atoms with Gasteiger partial charge in [-0.25, -0.2) is 0 Å². The molecule has 0 bridgehead atoms. The summed E-state index contributed by atoms with van der Waals surface area (Å²) in [7, 11) is 0. The summed E-state index contributed by atoms with van der Waals surface area (Å²) in [5.74, 6) is 2.35. The first kappa shape index (κ1) is 25.3. The van der Waals surface area contributed by atoms with Crippen molar-refractivity contribution >= 4 is 5.57 Å². The molecule has 0 aromatic heterocycles. The Morgan fingerprint density at radius 1 is 0.788 bits per heavy atom. The second kappa shape index (κ2) is 12.8. The lowest BCUT2D eigenvalue weighted by Gasteiger charge is -2.30. The fourth-order valence-corrected chi connectivity index (χ4v) is 5.41. The second-order valence-electron chi connectivity index (χ2n) is 10.6. The van der Waals surface area contributed by atoms with Crippen molar-refractivity contribution in [2.45, 2.75) is 71.6 Å². The van der Waals surface area contributed by atoms with Crippen LogP contribution in [0.5, 0.6) is 0 Å². The van der Waals surface area contributed by atoms with Gasteiger partial charge in [-0.15, -0.1) is 0 Å². The van der Waals surface area contributed by atoms with E-state index in [-0.39, 0.29) is 0 Å². The van der Waals surface area contributed by atoms with Gasteiger partial charge in [-0.05, 0) is 78.9 Å². The van der Waals surface area contributed by atoms with E-state index in [2.05, 4.69) is 94.2 Å². The summed E-state index contributed by atoms with van der Waals surface area (Å²) in [5.41, 5.74) is 6.75. The molecule has 3 rings (SSSR count). The van der Waals surface area contributed by atoms with E-state index in [1.807, 2.05) is 0 Å². The molecule has 0 N–H and O–H groups in total. The van der Waals surface area contributed by atoms with Gasteiger partial charge in [-0.3, -0.25) is 0 Å². The molecule has 0 amide bonds. The Morgan fingerprint density at radius 2 is 1.39 bits per heavy atom. The third-order valence-electron chi connectivity index (χ3n) is 7.75. The quantitative estimate of drug-likeness (QED) is 0.288. The molecule has 0 nitrogen and oxygen atoms in total. The van der Waals surface area contributed by atoms with Crippen LogP contribution in [0.4, 0.5) is 0 Å². The van der Waals surface area contributed by atoms with Crippen molar-refractivity contribution in [1.82, 2.24) is 0 Å². The van der Waals surface area contributed by atoms with E-state index in [0.717, 1.165) is 25.7 Å². The Kier molecular flexibility index (Phi) is 9.79. The van der Waals surface area contributed by atoms with Gasteiger partial charge in [0.15, 0.2) is 0 Å². The molecular formula is C33H44. The Hall–Kier alpha value is -2.34. The molecule has 0 aliphatic heterocycles. The lowest BCUT2D eigenvalue weighted by Crippen LogP contribution is -2.18. The third-order valence-corrected chi connectivity index (χ3v) is 7.75. The fraction of sp³-hybridized carbons (Fsp3) is 0.455. The van der Waals surface area contributed by atoms with Gasteiger partial charge >= 0.3 is 0 Å². The summed E-state index contributed by atoms with van der Waals surface area (Å²) < 4.78 is 0. The smallest absolute Gasteiger partial charge is 0.0128 e. The van der Waals surface area contributed by atoms with Gasteiger partial charge in [0.05, 0.1) is 0 Å². The summed E-state index contributed by atoms with van der Waals surface area (Å²) in [6.07, 6.45) is 11.0. The topological polar surface area (TPSA) is 0 Å². The van der Waals surface area contributed by atoms with Gasteiger partial charge in [0.2, 0.25) is 0 Å². The monoisotopic (exact) mass is 440 g/mol. The van der Waals surface area contributed by atoms with Crippen molar-refractivity contribution in [3.05, 3.63) is 103 Å². The molecule has 2 atom stereocenters. The molecule has 176 valence electrons. The molecule has 2 aromatic rings. The zero-order valence-corrected chi connectivity index (χ0v) is 21.1. The van der Waals surface area contributed by atoms with Crippen molar-refractivity contribution in [1.29, 1.82) is 0 Å². The number of allylic oxidation sites excluding steroid dienone is 3. The van der Waals surface area contributed by atoms with Crippen molar-refractivity contribution in [3.63, 3.8) is 0 Å². The van der Waals surface area contributed by atoms with E-state index >= 15 is 0 Å². The van der Waals surface area contributed by atoms with Crippen molar-refractivity contribution in [3.8, 4) is 0 Å². The molecule has 33 heavy (non-hydrogen) atoms. The zero-order chi connectivity index (χ0) is 23.6. The van der Waals surface area contributed by atoms with Gasteiger partial charge in [0.1, 0.15) is 0 Å². The van der Waals surface area contributed by atoms with E-state index in [1.54, 1.807) is 0 Å². The highest BCUT2D eigenvalue weighted by Gasteiger charge is 2.24. The third kappa shape index (κ3) is 7.88. The fourth-order valence-electron chi connectivity index (χ4n) is 5.41. The van der Waals surface area contributed by atoms with E-state index in [0.29, 0.717) is 23.7 Å². The second-order valence-corrected chi connectivity index (χ2v) is 10.6. The highest BCUT2D eigenvalue weighted by atomic mass is 14.3. The lowest BCUT2D eigenvalue weighted by molar-refractivity contribution is 0.357. The maximum atomic E-state index is 4.68. The normalized spacial score (nSPS) is 16.3. The molecular weight excluding hydrogens is 396 g/mol. The SMILES string of the molecule is C=C(CC(CC(=C)C1CCCCC1)C(=C)CC(Cc1ccccc1)C(C)C)c1ccccc1. The van der Waals surface area contributed by atoms with Crippen LogP contribution in [-0.2, 0) is 6.42 Å². The van der Waals surface area contributed by atoms with Crippen LogP contribution in [0.25, 0.3) is 5.57 Å². The number of hydrogen-bond acceptors (Lipinski definition) is 0. The predicted molar refractivity (Wildman–Crippen MR) is 146 cm³/mol. The largest absolute Gasteiger partial charge is 0.0996 e. The molecule has 1 aliphatic rings. The van der Waals surface area contributed by atoms with Gasteiger partial charge in [-0.2, -0.15) is 0 Å². The lowest BCUT2D eigenvalue weighted by atomic mass is 9.75. The molecule has 0 radical (unpaired) electrons. The predicted octanol–water partition coefficient (Wildman–Crippen LogP) is 9.69.